The van der Waals surface area contributed by atoms with E-state index < -0.39 is 10.5 Å². The van der Waals surface area contributed by atoms with Gasteiger partial charge >= 0.3 is 0 Å². The lowest BCUT2D eigenvalue weighted by atomic mass is 9.97. The first-order valence-electron chi connectivity index (χ1n) is 6.59. The number of nitro benzene ring substituents is 1. The molecule has 1 unspecified atom stereocenters. The standard InChI is InChI=1S/C14H18BrN3O3/c1-14(10-16,17-2)8-3-4-9-21-12-7-5-6-11(13(12)15)18(19)20/h5-7,17H,3-4,8-9H2,1-2H3. The van der Waals surface area contributed by atoms with Crippen molar-refractivity contribution >= 4 is 21.6 Å². The fourth-order valence-electron chi connectivity index (χ4n) is 1.75. The van der Waals surface area contributed by atoms with E-state index in [0.29, 0.717) is 16.8 Å². The third kappa shape index (κ3) is 4.99. The molecule has 0 heterocycles. The summed E-state index contributed by atoms with van der Waals surface area (Å²) in [5.41, 5.74) is -0.536. The normalized spacial score (nSPS) is 13.2. The zero-order valence-electron chi connectivity index (χ0n) is 12.1. The second-order valence-electron chi connectivity index (χ2n) is 4.85. The van der Waals surface area contributed by atoms with Crippen molar-refractivity contribution in [2.75, 3.05) is 13.7 Å². The molecule has 114 valence electrons. The first kappa shape index (κ1) is 17.4. The number of halogens is 1. The smallest absolute Gasteiger partial charge is 0.287 e. The molecular formula is C14H18BrN3O3. The maximum absolute atomic E-state index is 10.8. The molecular weight excluding hydrogens is 338 g/mol. The Bertz CT molecular complexity index is 545. The van der Waals surface area contributed by atoms with Gasteiger partial charge in [0.25, 0.3) is 5.69 Å². The molecule has 1 N–H and O–H groups in total. The Morgan fingerprint density at radius 1 is 1.52 bits per heavy atom. The fourth-order valence-corrected chi connectivity index (χ4v) is 2.27. The van der Waals surface area contributed by atoms with Crippen LogP contribution < -0.4 is 10.1 Å². The van der Waals surface area contributed by atoms with Gasteiger partial charge in [0.2, 0.25) is 0 Å². The highest BCUT2D eigenvalue weighted by Crippen LogP contribution is 2.33. The van der Waals surface area contributed by atoms with Crippen LogP contribution in [-0.2, 0) is 0 Å². The number of nitrogens with one attached hydrogen (secondary N) is 1. The molecule has 0 radical (unpaired) electrons. The van der Waals surface area contributed by atoms with Crippen molar-refractivity contribution in [3.63, 3.8) is 0 Å². The van der Waals surface area contributed by atoms with Gasteiger partial charge < -0.3 is 10.1 Å². The van der Waals surface area contributed by atoms with E-state index >= 15 is 0 Å². The van der Waals surface area contributed by atoms with Crippen molar-refractivity contribution in [3.8, 4) is 11.8 Å². The summed E-state index contributed by atoms with van der Waals surface area (Å²) in [5.74, 6) is 0.459. The molecule has 7 heteroatoms. The lowest BCUT2D eigenvalue weighted by Gasteiger charge is -2.20. The van der Waals surface area contributed by atoms with Crippen molar-refractivity contribution in [3.05, 3.63) is 32.8 Å². The van der Waals surface area contributed by atoms with Gasteiger partial charge in [-0.25, -0.2) is 0 Å². The zero-order valence-corrected chi connectivity index (χ0v) is 13.6. The van der Waals surface area contributed by atoms with E-state index in [9.17, 15) is 10.1 Å². The van der Waals surface area contributed by atoms with Crippen LogP contribution in [0.2, 0.25) is 0 Å². The van der Waals surface area contributed by atoms with Gasteiger partial charge in [-0.1, -0.05) is 6.07 Å². The Hall–Kier alpha value is -1.65. The lowest BCUT2D eigenvalue weighted by Crippen LogP contribution is -2.37. The van der Waals surface area contributed by atoms with E-state index in [1.807, 2.05) is 6.92 Å². The lowest BCUT2D eigenvalue weighted by molar-refractivity contribution is -0.385. The molecule has 1 aromatic rings. The summed E-state index contributed by atoms with van der Waals surface area (Å²) in [6.45, 7) is 2.30. The minimum absolute atomic E-state index is 0.0141. The molecule has 0 aromatic heterocycles. The third-order valence-electron chi connectivity index (χ3n) is 3.27. The molecule has 21 heavy (non-hydrogen) atoms. The average molecular weight is 356 g/mol. The van der Waals surface area contributed by atoms with Crippen LogP contribution in [0.1, 0.15) is 26.2 Å². The van der Waals surface area contributed by atoms with Gasteiger partial charge in [0.15, 0.2) is 0 Å². The molecule has 1 atom stereocenters. The fraction of sp³-hybridized carbons (Fsp3) is 0.500. The van der Waals surface area contributed by atoms with E-state index in [0.717, 1.165) is 19.3 Å². The summed E-state index contributed by atoms with van der Waals surface area (Å²) in [6.07, 6.45) is 2.32. The van der Waals surface area contributed by atoms with Crippen LogP contribution in [0.15, 0.2) is 22.7 Å². The first-order chi connectivity index (χ1) is 9.93. The second kappa shape index (κ2) is 7.96. The van der Waals surface area contributed by atoms with Crippen LogP contribution >= 0.6 is 15.9 Å². The number of ether oxygens (including phenoxy) is 1. The maximum Gasteiger partial charge on any atom is 0.287 e. The summed E-state index contributed by atoms with van der Waals surface area (Å²) in [6, 6.07) is 6.92. The van der Waals surface area contributed by atoms with Gasteiger partial charge in [0, 0.05) is 6.07 Å². The Morgan fingerprint density at radius 3 is 2.81 bits per heavy atom. The number of nitrogens with zero attached hydrogens (tertiary/aromatic N) is 2. The largest absolute Gasteiger partial charge is 0.492 e. The summed E-state index contributed by atoms with van der Waals surface area (Å²) in [7, 11) is 1.76. The minimum Gasteiger partial charge on any atom is -0.492 e. The van der Waals surface area contributed by atoms with Crippen LogP contribution in [0.5, 0.6) is 5.75 Å². The molecule has 1 rings (SSSR count). The van der Waals surface area contributed by atoms with Crippen LogP contribution in [0.25, 0.3) is 0 Å². The van der Waals surface area contributed by atoms with Crippen LogP contribution in [0, 0.1) is 21.4 Å². The summed E-state index contributed by atoms with van der Waals surface area (Å²) >= 11 is 3.19. The summed E-state index contributed by atoms with van der Waals surface area (Å²) < 4.78 is 5.91. The van der Waals surface area contributed by atoms with Crippen molar-refractivity contribution in [1.82, 2.24) is 5.32 Å². The van der Waals surface area contributed by atoms with Crippen molar-refractivity contribution < 1.29 is 9.66 Å². The van der Waals surface area contributed by atoms with Gasteiger partial charge in [-0.2, -0.15) is 5.26 Å². The molecule has 0 aliphatic rings. The van der Waals surface area contributed by atoms with Crippen molar-refractivity contribution in [2.24, 2.45) is 0 Å². The molecule has 0 saturated heterocycles. The van der Waals surface area contributed by atoms with Gasteiger partial charge in [0.05, 0.1) is 17.6 Å². The molecule has 0 bridgehead atoms. The number of nitro groups is 1. The number of rotatable bonds is 8. The average Bonchev–Trinajstić information content (AvgIpc) is 2.48. The van der Waals surface area contributed by atoms with Crippen LogP contribution in [0.3, 0.4) is 0 Å². The number of nitriles is 1. The van der Waals surface area contributed by atoms with Crippen LogP contribution in [-0.4, -0.2) is 24.1 Å². The predicted molar refractivity (Wildman–Crippen MR) is 83.2 cm³/mol. The van der Waals surface area contributed by atoms with Gasteiger partial charge in [0.1, 0.15) is 15.8 Å². The summed E-state index contributed by atoms with van der Waals surface area (Å²) in [5, 5.41) is 22.8. The van der Waals surface area contributed by atoms with Crippen molar-refractivity contribution in [2.45, 2.75) is 31.7 Å². The van der Waals surface area contributed by atoms with Gasteiger partial charge in [-0.15, -0.1) is 0 Å². The van der Waals surface area contributed by atoms with E-state index in [4.69, 9.17) is 10.00 Å². The van der Waals surface area contributed by atoms with Crippen LogP contribution in [0.4, 0.5) is 5.69 Å². The quantitative estimate of drug-likeness (QED) is 0.438. The second-order valence-corrected chi connectivity index (χ2v) is 5.64. The highest BCUT2D eigenvalue weighted by molar-refractivity contribution is 9.10. The predicted octanol–water partition coefficient (Wildman–Crippen LogP) is 3.41. The molecule has 0 spiro atoms. The molecule has 0 aliphatic heterocycles. The minimum atomic E-state index is -0.522. The molecule has 1 aromatic carbocycles. The number of unbranched alkanes of at least 4 members (excludes halogenated alkanes) is 1. The van der Waals surface area contributed by atoms with Gasteiger partial charge in [-0.3, -0.25) is 10.1 Å². The highest BCUT2D eigenvalue weighted by atomic mass is 79.9. The third-order valence-corrected chi connectivity index (χ3v) is 4.06. The Kier molecular flexibility index (Phi) is 6.59. The van der Waals surface area contributed by atoms with Crippen molar-refractivity contribution in [1.29, 1.82) is 5.26 Å². The van der Waals surface area contributed by atoms with Gasteiger partial charge in [-0.05, 0) is 55.2 Å². The zero-order chi connectivity index (χ0) is 15.9. The Morgan fingerprint density at radius 2 is 2.24 bits per heavy atom. The molecule has 6 nitrogen and oxygen atoms in total. The number of hydrogen-bond donors (Lipinski definition) is 1. The Balaban J connectivity index is 2.46. The Labute approximate surface area is 132 Å². The van der Waals surface area contributed by atoms with E-state index in [1.54, 1.807) is 19.2 Å². The summed E-state index contributed by atoms with van der Waals surface area (Å²) in [4.78, 5) is 10.4. The monoisotopic (exact) mass is 355 g/mol. The topological polar surface area (TPSA) is 88.2 Å². The van der Waals surface area contributed by atoms with E-state index in [2.05, 4.69) is 27.3 Å². The molecule has 0 aliphatic carbocycles. The van der Waals surface area contributed by atoms with E-state index in [-0.39, 0.29) is 5.69 Å². The van der Waals surface area contributed by atoms with E-state index in [1.165, 1.54) is 6.07 Å². The number of hydrogen-bond acceptors (Lipinski definition) is 5. The SMILES string of the molecule is CNC(C)(C#N)CCCCOc1cccc([N+](=O)[O-])c1Br. The highest BCUT2D eigenvalue weighted by Gasteiger charge is 2.20. The molecule has 0 saturated carbocycles. The number of benzene rings is 1. The first-order valence-corrected chi connectivity index (χ1v) is 7.38. The maximum atomic E-state index is 10.8. The molecule has 0 fully saturated rings. The molecule has 0 amide bonds.